The number of carbonyl (C=O) groups excluding carboxylic acids is 5. The zero-order valence-electron chi connectivity index (χ0n) is 24.2. The maximum Gasteiger partial charge on any atom is 0.514 e. The monoisotopic (exact) mass is 628 g/mol. The Balaban J connectivity index is 1.68. The van der Waals surface area contributed by atoms with E-state index < -0.39 is 56.0 Å². The molecule has 0 radical (unpaired) electrons. The van der Waals surface area contributed by atoms with Crippen LogP contribution in [0.2, 0.25) is 0 Å². The van der Waals surface area contributed by atoms with Gasteiger partial charge in [0.05, 0.1) is 0 Å². The molecule has 0 aliphatic carbocycles. The Hall–Kier alpha value is -5.83. The lowest BCUT2D eigenvalue weighted by atomic mass is 10.3. The Bertz CT molecular complexity index is 1500. The average Bonchev–Trinajstić information content (AvgIpc) is 2.97. The number of hydrogen-bond acceptors (Lipinski definition) is 15. The highest BCUT2D eigenvalue weighted by atomic mass is 16.8. The van der Waals surface area contributed by atoms with Gasteiger partial charge in [-0.3, -0.25) is 9.59 Å². The predicted molar refractivity (Wildman–Crippen MR) is 149 cm³/mol. The highest BCUT2D eigenvalue weighted by Gasteiger charge is 2.24. The van der Waals surface area contributed by atoms with Crippen molar-refractivity contribution in [1.82, 2.24) is 0 Å². The molecular weight excluding hydrogens is 600 g/mol. The molecule has 15 nitrogen and oxygen atoms in total. The van der Waals surface area contributed by atoms with E-state index in [0.29, 0.717) is 0 Å². The van der Waals surface area contributed by atoms with E-state index in [9.17, 15) is 29.1 Å². The van der Waals surface area contributed by atoms with Gasteiger partial charge in [0.1, 0.15) is 13.2 Å². The molecule has 3 aromatic carbocycles. The Morgan fingerprint density at radius 1 is 0.556 bits per heavy atom. The molecule has 15 heteroatoms. The minimum Gasteiger partial charge on any atom is -0.462 e. The van der Waals surface area contributed by atoms with Gasteiger partial charge in [-0.05, 0) is 43.3 Å². The summed E-state index contributed by atoms with van der Waals surface area (Å²) >= 11 is 0. The molecule has 0 aromatic heterocycles. The van der Waals surface area contributed by atoms with Crippen LogP contribution >= 0.6 is 0 Å². The molecule has 0 heterocycles. The number of benzene rings is 3. The summed E-state index contributed by atoms with van der Waals surface area (Å²) in [4.78, 5) is 60.2. The molecule has 0 amide bonds. The molecule has 0 spiro atoms. The summed E-state index contributed by atoms with van der Waals surface area (Å²) < 4.78 is 45.7. The number of carbonyl (C=O) groups is 5. The van der Waals surface area contributed by atoms with E-state index in [1.807, 2.05) is 0 Å². The zero-order valence-corrected chi connectivity index (χ0v) is 24.2. The number of para-hydroxylation sites is 6. The van der Waals surface area contributed by atoms with E-state index >= 15 is 0 Å². The Kier molecular flexibility index (Phi) is 12.5. The number of ether oxygens (including phenoxy) is 9. The standard InChI is InChI=1S/C30H28O15/c1-18(31)39-22-10-4-7-13-25(22)43-28(34)37-16-21(42-30(36)45-27-15-9-6-12-24(27)41-20(3)33)17-38-29(35)44-26-14-8-5-11-23(26)40-19(2)32/h4-15,18,21,31H,16-17H2,1-3H3. The first kappa shape index (κ1) is 33.7. The molecule has 45 heavy (non-hydrogen) atoms. The number of aliphatic hydroxyl groups excluding tert-OH is 1. The Morgan fingerprint density at radius 3 is 1.27 bits per heavy atom. The largest absolute Gasteiger partial charge is 0.514 e. The van der Waals surface area contributed by atoms with Gasteiger partial charge in [0.2, 0.25) is 0 Å². The highest BCUT2D eigenvalue weighted by molar-refractivity contribution is 5.73. The molecule has 0 aliphatic heterocycles. The van der Waals surface area contributed by atoms with Gasteiger partial charge in [-0.25, -0.2) is 14.4 Å². The fourth-order valence-corrected chi connectivity index (χ4v) is 3.29. The van der Waals surface area contributed by atoms with Crippen LogP contribution in [0.4, 0.5) is 14.4 Å². The van der Waals surface area contributed by atoms with E-state index in [-0.39, 0.29) is 34.5 Å². The van der Waals surface area contributed by atoms with Crippen molar-refractivity contribution in [3.63, 3.8) is 0 Å². The van der Waals surface area contributed by atoms with Crippen LogP contribution in [-0.4, -0.2) is 61.1 Å². The molecule has 0 saturated heterocycles. The van der Waals surface area contributed by atoms with Crippen LogP contribution in [0.3, 0.4) is 0 Å². The van der Waals surface area contributed by atoms with Crippen molar-refractivity contribution in [3.8, 4) is 34.5 Å². The zero-order chi connectivity index (χ0) is 32.8. The van der Waals surface area contributed by atoms with E-state index in [0.717, 1.165) is 13.8 Å². The van der Waals surface area contributed by atoms with Gasteiger partial charge in [0.25, 0.3) is 0 Å². The molecule has 238 valence electrons. The number of aliphatic hydroxyl groups is 1. The molecule has 0 bridgehead atoms. The van der Waals surface area contributed by atoms with Crippen molar-refractivity contribution >= 4 is 30.4 Å². The number of hydrogen-bond donors (Lipinski definition) is 1. The van der Waals surface area contributed by atoms with E-state index in [1.54, 1.807) is 6.07 Å². The van der Waals surface area contributed by atoms with Gasteiger partial charge < -0.3 is 47.7 Å². The third-order valence-corrected chi connectivity index (χ3v) is 4.97. The van der Waals surface area contributed by atoms with Crippen LogP contribution in [0.5, 0.6) is 34.5 Å². The third-order valence-electron chi connectivity index (χ3n) is 4.97. The summed E-state index contributed by atoms with van der Waals surface area (Å²) in [5.74, 6) is -1.85. The maximum absolute atomic E-state index is 12.6. The van der Waals surface area contributed by atoms with Crippen LogP contribution in [0.1, 0.15) is 20.8 Å². The maximum atomic E-state index is 12.6. The average molecular weight is 629 g/mol. The second-order valence-electron chi connectivity index (χ2n) is 8.66. The van der Waals surface area contributed by atoms with Crippen molar-refractivity contribution in [2.24, 2.45) is 0 Å². The second-order valence-corrected chi connectivity index (χ2v) is 8.66. The molecule has 2 unspecified atom stereocenters. The van der Waals surface area contributed by atoms with Gasteiger partial charge in [-0.15, -0.1) is 0 Å². The van der Waals surface area contributed by atoms with Crippen molar-refractivity contribution in [2.75, 3.05) is 13.2 Å². The van der Waals surface area contributed by atoms with Crippen molar-refractivity contribution in [3.05, 3.63) is 72.8 Å². The van der Waals surface area contributed by atoms with Crippen LogP contribution in [0, 0.1) is 0 Å². The van der Waals surface area contributed by atoms with Crippen LogP contribution in [0.25, 0.3) is 0 Å². The summed E-state index contributed by atoms with van der Waals surface area (Å²) in [5, 5.41) is 9.49. The molecule has 3 aromatic rings. The van der Waals surface area contributed by atoms with Crippen LogP contribution in [-0.2, 0) is 23.8 Å². The fraction of sp³-hybridized carbons (Fsp3) is 0.233. The molecule has 0 aliphatic rings. The topological polar surface area (TPSA) is 189 Å². The second kappa shape index (κ2) is 16.7. The van der Waals surface area contributed by atoms with Crippen molar-refractivity contribution in [1.29, 1.82) is 0 Å². The quantitative estimate of drug-likeness (QED) is 0.0964. The van der Waals surface area contributed by atoms with Gasteiger partial charge >= 0.3 is 30.4 Å². The molecule has 2 atom stereocenters. The molecule has 0 fully saturated rings. The third kappa shape index (κ3) is 11.8. The van der Waals surface area contributed by atoms with Crippen molar-refractivity contribution < 1.29 is 71.7 Å². The van der Waals surface area contributed by atoms with Crippen LogP contribution in [0.15, 0.2) is 72.8 Å². The SMILES string of the molecule is CC(=O)Oc1ccccc1OC(=O)OCC(COC(=O)Oc1ccccc1OC(C)O)OC(=O)Oc1ccccc1OC(C)=O. The summed E-state index contributed by atoms with van der Waals surface area (Å²) in [5.41, 5.74) is 0. The highest BCUT2D eigenvalue weighted by Crippen LogP contribution is 2.29. The predicted octanol–water partition coefficient (Wildman–Crippen LogP) is 4.57. The molecule has 3 rings (SSSR count). The minimum atomic E-state index is -1.48. The number of esters is 2. The summed E-state index contributed by atoms with van der Waals surface area (Å²) in [6, 6.07) is 17.4. The summed E-state index contributed by atoms with van der Waals surface area (Å²) in [7, 11) is 0. The lowest BCUT2D eigenvalue weighted by Crippen LogP contribution is -2.33. The summed E-state index contributed by atoms with van der Waals surface area (Å²) in [6.45, 7) is 2.23. The molecule has 1 N–H and O–H groups in total. The first-order valence-electron chi connectivity index (χ1n) is 13.1. The van der Waals surface area contributed by atoms with Gasteiger partial charge in [-0.2, -0.15) is 0 Å². The lowest BCUT2D eigenvalue weighted by Gasteiger charge is -2.18. The first-order valence-corrected chi connectivity index (χ1v) is 13.1. The lowest BCUT2D eigenvalue weighted by molar-refractivity contribution is -0.132. The smallest absolute Gasteiger partial charge is 0.462 e. The summed E-state index contributed by atoms with van der Waals surface area (Å²) in [6.07, 6.45) is -6.59. The van der Waals surface area contributed by atoms with Gasteiger partial charge in [-0.1, -0.05) is 36.4 Å². The Morgan fingerprint density at radius 2 is 0.889 bits per heavy atom. The first-order chi connectivity index (χ1) is 21.5. The minimum absolute atomic E-state index is 0.0346. The molecule has 0 saturated carbocycles. The van der Waals surface area contributed by atoms with Crippen molar-refractivity contribution in [2.45, 2.75) is 33.2 Å². The normalized spacial score (nSPS) is 11.6. The molecular formula is C30H28O15. The van der Waals surface area contributed by atoms with Gasteiger partial charge in [0, 0.05) is 13.8 Å². The Labute approximate surface area is 256 Å². The fourth-order valence-electron chi connectivity index (χ4n) is 3.29. The van der Waals surface area contributed by atoms with E-state index in [4.69, 9.17) is 42.6 Å². The number of rotatable bonds is 12. The van der Waals surface area contributed by atoms with E-state index in [1.165, 1.54) is 73.7 Å². The van der Waals surface area contributed by atoms with Crippen LogP contribution < -0.4 is 28.4 Å². The van der Waals surface area contributed by atoms with E-state index in [2.05, 4.69) is 0 Å². The van der Waals surface area contributed by atoms with Gasteiger partial charge in [0.15, 0.2) is 46.9 Å².